The Morgan fingerprint density at radius 1 is 1.28 bits per heavy atom. The van der Waals surface area contributed by atoms with Crippen molar-refractivity contribution in [1.29, 1.82) is 0 Å². The Morgan fingerprint density at radius 3 is 2.41 bits per heavy atom. The van der Waals surface area contributed by atoms with Gasteiger partial charge in [0.25, 0.3) is 0 Å². The number of aromatic nitrogens is 1. The van der Waals surface area contributed by atoms with E-state index in [0.717, 1.165) is 24.4 Å². The molecule has 8 nitrogen and oxygen atoms in total. The number of carbonyl (C=O) groups is 3. The van der Waals surface area contributed by atoms with Crippen LogP contribution in [-0.4, -0.2) is 81.6 Å². The first-order valence-corrected chi connectivity index (χ1v) is 8.92. The quantitative estimate of drug-likeness (QED) is 0.795. The molecule has 2 fully saturated rings. The van der Waals surface area contributed by atoms with Gasteiger partial charge in [-0.05, 0) is 25.5 Å². The number of rotatable bonds is 2. The van der Waals surface area contributed by atoms with E-state index in [9.17, 15) is 22.8 Å². The highest BCUT2D eigenvalue weighted by Crippen LogP contribution is 2.33. The number of hydrogen-bond acceptors (Lipinski definition) is 4. The Kier molecular flexibility index (Phi) is 6.70. The molecule has 1 aromatic rings. The van der Waals surface area contributed by atoms with Gasteiger partial charge in [0, 0.05) is 32.8 Å². The van der Waals surface area contributed by atoms with E-state index in [1.165, 1.54) is 0 Å². The molecule has 11 heteroatoms. The highest BCUT2D eigenvalue weighted by molar-refractivity contribution is 5.83. The van der Waals surface area contributed by atoms with Crippen LogP contribution in [0.3, 0.4) is 0 Å². The van der Waals surface area contributed by atoms with Gasteiger partial charge < -0.3 is 19.8 Å². The highest BCUT2D eigenvalue weighted by Gasteiger charge is 2.48. The lowest BCUT2D eigenvalue weighted by atomic mass is 10.1. The fraction of sp³-hybridized carbons (Fsp3) is 0.556. The normalized spacial score (nSPS) is 20.8. The van der Waals surface area contributed by atoms with Crippen LogP contribution in [-0.2, 0) is 16.1 Å². The van der Waals surface area contributed by atoms with E-state index in [2.05, 4.69) is 4.98 Å². The molecule has 0 aromatic carbocycles. The number of carboxylic acid groups (broad SMARTS) is 1. The average Bonchev–Trinajstić information content (AvgIpc) is 3.14. The van der Waals surface area contributed by atoms with Crippen LogP contribution in [0.25, 0.3) is 0 Å². The first kappa shape index (κ1) is 22.4. The topological polar surface area (TPSA) is 94.1 Å². The van der Waals surface area contributed by atoms with E-state index in [1.54, 1.807) is 19.0 Å². The number of carbonyl (C=O) groups excluding carboxylic acids is 2. The summed E-state index contributed by atoms with van der Waals surface area (Å²) >= 11 is 0. The Balaban J connectivity index is 0.000000370. The van der Waals surface area contributed by atoms with Crippen LogP contribution in [0.5, 0.6) is 0 Å². The summed E-state index contributed by atoms with van der Waals surface area (Å²) in [5.74, 6) is -2.64. The smallest absolute Gasteiger partial charge is 0.475 e. The third-order valence-electron chi connectivity index (χ3n) is 4.76. The number of aryl methyl sites for hydroxylation is 1. The first-order chi connectivity index (χ1) is 13.4. The molecular formula is C18H23F3N4O4. The van der Waals surface area contributed by atoms with Crippen molar-refractivity contribution >= 4 is 17.9 Å². The molecule has 2 aliphatic rings. The number of hydrogen-bond donors (Lipinski definition) is 1. The second-order valence-corrected chi connectivity index (χ2v) is 7.09. The number of alkyl halides is 3. The minimum atomic E-state index is -5.08. The molecule has 3 amide bonds. The van der Waals surface area contributed by atoms with Crippen molar-refractivity contribution in [3.63, 3.8) is 0 Å². The summed E-state index contributed by atoms with van der Waals surface area (Å²) in [5, 5.41) is 7.12. The Bertz CT molecular complexity index is 785. The number of halogens is 3. The summed E-state index contributed by atoms with van der Waals surface area (Å²) in [6.07, 6.45) is -3.81. The van der Waals surface area contributed by atoms with E-state index in [-0.39, 0.29) is 24.0 Å². The number of nitrogens with zero attached hydrogens (tertiary/aromatic N) is 4. The van der Waals surface area contributed by atoms with Crippen molar-refractivity contribution in [2.75, 3.05) is 20.6 Å². The third kappa shape index (κ3) is 5.36. The van der Waals surface area contributed by atoms with Gasteiger partial charge in [0.05, 0.1) is 24.3 Å². The molecular weight excluding hydrogens is 393 g/mol. The molecule has 29 heavy (non-hydrogen) atoms. The van der Waals surface area contributed by atoms with Crippen molar-refractivity contribution in [2.45, 2.75) is 44.6 Å². The van der Waals surface area contributed by atoms with Gasteiger partial charge >= 0.3 is 18.2 Å². The molecule has 0 unspecified atom stereocenters. The van der Waals surface area contributed by atoms with Crippen LogP contribution in [0.15, 0.2) is 18.2 Å². The summed E-state index contributed by atoms with van der Waals surface area (Å²) in [7, 11) is 3.50. The van der Waals surface area contributed by atoms with E-state index in [4.69, 9.17) is 9.90 Å². The number of urea groups is 1. The van der Waals surface area contributed by atoms with Gasteiger partial charge in [0.1, 0.15) is 0 Å². The van der Waals surface area contributed by atoms with Crippen molar-refractivity contribution < 1.29 is 32.7 Å². The summed E-state index contributed by atoms with van der Waals surface area (Å²) in [6, 6.07) is 5.99. The molecule has 0 spiro atoms. The molecule has 0 radical (unpaired) electrons. The molecule has 1 aromatic heterocycles. The molecule has 160 valence electrons. The van der Waals surface area contributed by atoms with Crippen molar-refractivity contribution in [3.8, 4) is 0 Å². The predicted octanol–water partition coefficient (Wildman–Crippen LogP) is 1.88. The zero-order chi connectivity index (χ0) is 21.9. The van der Waals surface area contributed by atoms with Crippen LogP contribution < -0.4 is 0 Å². The lowest BCUT2D eigenvalue weighted by Crippen LogP contribution is -2.44. The van der Waals surface area contributed by atoms with Gasteiger partial charge in [-0.15, -0.1) is 0 Å². The summed E-state index contributed by atoms with van der Waals surface area (Å²) < 4.78 is 31.7. The fourth-order valence-corrected chi connectivity index (χ4v) is 3.49. The summed E-state index contributed by atoms with van der Waals surface area (Å²) in [6.45, 7) is 3.20. The van der Waals surface area contributed by atoms with Gasteiger partial charge in [-0.1, -0.05) is 6.07 Å². The fourth-order valence-electron chi connectivity index (χ4n) is 3.49. The maximum atomic E-state index is 12.4. The lowest BCUT2D eigenvalue weighted by molar-refractivity contribution is -0.192. The highest BCUT2D eigenvalue weighted by atomic mass is 19.4. The minimum Gasteiger partial charge on any atom is -0.475 e. The van der Waals surface area contributed by atoms with Crippen LogP contribution >= 0.6 is 0 Å². The van der Waals surface area contributed by atoms with Crippen molar-refractivity contribution in [3.05, 3.63) is 29.6 Å². The zero-order valence-electron chi connectivity index (χ0n) is 16.3. The number of carboxylic acids is 1. The maximum absolute atomic E-state index is 12.4. The van der Waals surface area contributed by atoms with Gasteiger partial charge in [0.15, 0.2) is 0 Å². The number of fused-ring (bicyclic) bond motifs is 1. The van der Waals surface area contributed by atoms with Crippen LogP contribution in [0.4, 0.5) is 18.0 Å². The number of aliphatic carboxylic acids is 1. The predicted molar refractivity (Wildman–Crippen MR) is 95.8 cm³/mol. The summed E-state index contributed by atoms with van der Waals surface area (Å²) in [5.41, 5.74) is 1.86. The minimum absolute atomic E-state index is 0.00386. The van der Waals surface area contributed by atoms with Crippen LogP contribution in [0.1, 0.15) is 24.2 Å². The summed E-state index contributed by atoms with van der Waals surface area (Å²) in [4.78, 5) is 43.3. The van der Waals surface area contributed by atoms with Gasteiger partial charge in [-0.3, -0.25) is 9.78 Å². The molecule has 3 rings (SSSR count). The average molecular weight is 416 g/mol. The Hall–Kier alpha value is -2.85. The second kappa shape index (κ2) is 8.66. The zero-order valence-corrected chi connectivity index (χ0v) is 16.3. The lowest BCUT2D eigenvalue weighted by Gasteiger charge is -2.27. The number of pyridine rings is 1. The van der Waals surface area contributed by atoms with Crippen LogP contribution in [0.2, 0.25) is 0 Å². The van der Waals surface area contributed by atoms with Crippen molar-refractivity contribution in [2.24, 2.45) is 0 Å². The van der Waals surface area contributed by atoms with E-state index >= 15 is 0 Å². The SMILES string of the molecule is Cc1cccc(CN2C(=O)C[C@H]3[C@@H]2CCN3C(=O)N(C)C)n1.O=C(O)C(F)(F)F. The molecule has 1 N–H and O–H groups in total. The molecule has 0 aliphatic carbocycles. The number of likely N-dealkylation sites (tertiary alicyclic amines) is 2. The number of amides is 3. The second-order valence-electron chi connectivity index (χ2n) is 7.09. The van der Waals surface area contributed by atoms with Crippen LogP contribution in [0, 0.1) is 6.92 Å². The van der Waals surface area contributed by atoms with Gasteiger partial charge in [-0.25, -0.2) is 9.59 Å². The monoisotopic (exact) mass is 416 g/mol. The molecule has 2 atom stereocenters. The molecule has 2 saturated heterocycles. The van der Waals surface area contributed by atoms with Crippen molar-refractivity contribution in [1.82, 2.24) is 19.7 Å². The Labute approximate surface area is 165 Å². The molecule has 0 bridgehead atoms. The third-order valence-corrected chi connectivity index (χ3v) is 4.76. The van der Waals surface area contributed by atoms with Gasteiger partial charge in [0.2, 0.25) is 5.91 Å². The molecule has 3 heterocycles. The standard InChI is InChI=1S/C16H22N4O2.C2HF3O2/c1-11-5-4-6-12(17-11)10-20-13-7-8-19(16(22)18(2)3)14(13)9-15(20)21;3-2(4,5)1(6)7/h4-6,13-14H,7-10H2,1-3H3;(H,6,7)/t13-,14-;/m0./s1. The van der Waals surface area contributed by atoms with E-state index in [0.29, 0.717) is 13.0 Å². The van der Waals surface area contributed by atoms with Gasteiger partial charge in [-0.2, -0.15) is 13.2 Å². The first-order valence-electron chi connectivity index (χ1n) is 8.92. The Morgan fingerprint density at radius 2 is 1.90 bits per heavy atom. The molecule has 2 aliphatic heterocycles. The molecule has 0 saturated carbocycles. The van der Waals surface area contributed by atoms with E-state index < -0.39 is 12.1 Å². The largest absolute Gasteiger partial charge is 0.490 e. The maximum Gasteiger partial charge on any atom is 0.490 e. The van der Waals surface area contributed by atoms with E-state index in [1.807, 2.05) is 34.9 Å².